The molecular formula is C19H25N3O2. The lowest BCUT2D eigenvalue weighted by Gasteiger charge is -2.19. The lowest BCUT2D eigenvalue weighted by atomic mass is 10.2. The minimum absolute atomic E-state index is 0.0255. The molecule has 0 fully saturated rings. The molecule has 0 spiro atoms. The Morgan fingerprint density at radius 2 is 1.71 bits per heavy atom. The smallest absolute Gasteiger partial charge is 0.241 e. The topological polar surface area (TPSA) is 44.8 Å². The highest BCUT2D eigenvalue weighted by molar-refractivity contribution is 5.81. The van der Waals surface area contributed by atoms with Crippen molar-refractivity contribution in [1.29, 1.82) is 0 Å². The molecule has 0 aliphatic heterocycles. The van der Waals surface area contributed by atoms with Gasteiger partial charge in [-0.05, 0) is 29.8 Å². The fourth-order valence-corrected chi connectivity index (χ4v) is 2.36. The fourth-order valence-electron chi connectivity index (χ4n) is 2.36. The zero-order valence-corrected chi connectivity index (χ0v) is 14.7. The van der Waals surface area contributed by atoms with Crippen LogP contribution in [0.1, 0.15) is 5.56 Å². The van der Waals surface area contributed by atoms with Crippen molar-refractivity contribution in [2.24, 2.45) is 0 Å². The van der Waals surface area contributed by atoms with E-state index in [9.17, 15) is 4.79 Å². The van der Waals surface area contributed by atoms with E-state index in [1.165, 1.54) is 0 Å². The molecule has 0 atom stereocenters. The van der Waals surface area contributed by atoms with Gasteiger partial charge in [0.2, 0.25) is 5.91 Å². The maximum absolute atomic E-state index is 12.3. The normalized spacial score (nSPS) is 10.2. The molecule has 0 radical (unpaired) electrons. The number of hydrogen-bond donors (Lipinski definition) is 1. The van der Waals surface area contributed by atoms with Gasteiger partial charge in [-0.2, -0.15) is 0 Å². The first-order valence-corrected chi connectivity index (χ1v) is 7.88. The number of benzene rings is 2. The van der Waals surface area contributed by atoms with Crippen LogP contribution in [0.4, 0.5) is 11.4 Å². The third-order valence-electron chi connectivity index (χ3n) is 3.84. The van der Waals surface area contributed by atoms with Gasteiger partial charge in [-0.1, -0.05) is 24.3 Å². The fraction of sp³-hybridized carbons (Fsp3) is 0.316. The van der Waals surface area contributed by atoms with Crippen LogP contribution in [0.15, 0.2) is 48.5 Å². The maximum Gasteiger partial charge on any atom is 0.241 e. The number of likely N-dealkylation sites (N-methyl/N-ethyl adjacent to an activating group) is 1. The summed E-state index contributed by atoms with van der Waals surface area (Å²) in [6.07, 6.45) is 0. The highest BCUT2D eigenvalue weighted by atomic mass is 16.5. The van der Waals surface area contributed by atoms with Crippen molar-refractivity contribution in [3.63, 3.8) is 0 Å². The quantitative estimate of drug-likeness (QED) is 0.849. The summed E-state index contributed by atoms with van der Waals surface area (Å²) in [6.45, 7) is 0.812. The second-order valence-electron chi connectivity index (χ2n) is 5.86. The highest BCUT2D eigenvalue weighted by Crippen LogP contribution is 2.22. The minimum Gasteiger partial charge on any atom is -0.495 e. The molecule has 1 N–H and O–H groups in total. The molecule has 5 heteroatoms. The Bertz CT molecular complexity index is 669. The molecular weight excluding hydrogens is 302 g/mol. The highest BCUT2D eigenvalue weighted by Gasteiger charge is 2.10. The van der Waals surface area contributed by atoms with E-state index in [0.29, 0.717) is 6.54 Å². The van der Waals surface area contributed by atoms with Crippen LogP contribution in [0, 0.1) is 0 Å². The Morgan fingerprint density at radius 1 is 1.04 bits per heavy atom. The molecule has 0 saturated heterocycles. The first-order chi connectivity index (χ1) is 11.5. The number of amides is 1. The van der Waals surface area contributed by atoms with E-state index in [4.69, 9.17) is 4.74 Å². The van der Waals surface area contributed by atoms with Crippen molar-refractivity contribution in [1.82, 2.24) is 4.90 Å². The number of carbonyl (C=O) groups is 1. The lowest BCUT2D eigenvalue weighted by Crippen LogP contribution is -2.31. The summed E-state index contributed by atoms with van der Waals surface area (Å²) in [4.78, 5) is 16.1. The van der Waals surface area contributed by atoms with Gasteiger partial charge in [0, 0.05) is 33.4 Å². The van der Waals surface area contributed by atoms with Crippen molar-refractivity contribution in [2.75, 3.05) is 45.0 Å². The second kappa shape index (κ2) is 8.24. The van der Waals surface area contributed by atoms with E-state index < -0.39 is 0 Å². The van der Waals surface area contributed by atoms with Gasteiger partial charge in [0.15, 0.2) is 0 Å². The third-order valence-corrected chi connectivity index (χ3v) is 3.84. The van der Waals surface area contributed by atoms with E-state index >= 15 is 0 Å². The van der Waals surface area contributed by atoms with E-state index in [-0.39, 0.29) is 12.5 Å². The second-order valence-corrected chi connectivity index (χ2v) is 5.86. The molecule has 0 saturated carbocycles. The maximum atomic E-state index is 12.3. The first-order valence-electron chi connectivity index (χ1n) is 7.88. The predicted octanol–water partition coefficient (Wildman–Crippen LogP) is 2.83. The van der Waals surface area contributed by atoms with E-state index in [1.54, 1.807) is 12.0 Å². The molecule has 0 aromatic heterocycles. The summed E-state index contributed by atoms with van der Waals surface area (Å²) in [5.41, 5.74) is 3.07. The predicted molar refractivity (Wildman–Crippen MR) is 98.7 cm³/mol. The van der Waals surface area contributed by atoms with Gasteiger partial charge in [-0.15, -0.1) is 0 Å². The van der Waals surface area contributed by atoms with Gasteiger partial charge in [0.25, 0.3) is 0 Å². The SMILES string of the molecule is COc1ccccc1NCC(=O)N(C)Cc1ccc(N(C)C)cc1. The number of rotatable bonds is 7. The molecule has 0 aliphatic rings. The number of para-hydroxylation sites is 2. The Hall–Kier alpha value is -2.69. The largest absolute Gasteiger partial charge is 0.495 e. The summed E-state index contributed by atoms with van der Waals surface area (Å²) in [5.74, 6) is 0.754. The standard InChI is InChI=1S/C19H25N3O2/c1-21(2)16-11-9-15(10-12-16)14-22(3)19(23)13-20-17-7-5-6-8-18(17)24-4/h5-12,20H,13-14H2,1-4H3. The van der Waals surface area contributed by atoms with Gasteiger partial charge >= 0.3 is 0 Å². The summed E-state index contributed by atoms with van der Waals surface area (Å²) < 4.78 is 5.27. The summed E-state index contributed by atoms with van der Waals surface area (Å²) in [6, 6.07) is 15.8. The molecule has 0 bridgehead atoms. The average Bonchev–Trinajstić information content (AvgIpc) is 2.60. The zero-order chi connectivity index (χ0) is 17.5. The van der Waals surface area contributed by atoms with Crippen molar-refractivity contribution >= 4 is 17.3 Å². The van der Waals surface area contributed by atoms with Gasteiger partial charge < -0.3 is 19.9 Å². The van der Waals surface area contributed by atoms with Crippen LogP contribution in [0.5, 0.6) is 5.75 Å². The Balaban J connectivity index is 1.90. The Morgan fingerprint density at radius 3 is 2.33 bits per heavy atom. The van der Waals surface area contributed by atoms with E-state index in [0.717, 1.165) is 22.7 Å². The molecule has 0 unspecified atom stereocenters. The average molecular weight is 327 g/mol. The summed E-state index contributed by atoms with van der Waals surface area (Å²) in [7, 11) is 7.44. The number of ether oxygens (including phenoxy) is 1. The van der Waals surface area contributed by atoms with Crippen molar-refractivity contribution in [2.45, 2.75) is 6.54 Å². The van der Waals surface area contributed by atoms with Crippen LogP contribution in [0.25, 0.3) is 0 Å². The number of methoxy groups -OCH3 is 1. The van der Waals surface area contributed by atoms with Crippen LogP contribution < -0.4 is 15.0 Å². The number of hydrogen-bond acceptors (Lipinski definition) is 4. The van der Waals surface area contributed by atoms with Crippen molar-refractivity contribution in [3.8, 4) is 5.75 Å². The summed E-state index contributed by atoms with van der Waals surface area (Å²) >= 11 is 0. The van der Waals surface area contributed by atoms with Gasteiger partial charge in [-0.3, -0.25) is 4.79 Å². The lowest BCUT2D eigenvalue weighted by molar-refractivity contribution is -0.128. The zero-order valence-electron chi connectivity index (χ0n) is 14.7. The van der Waals surface area contributed by atoms with Crippen LogP contribution in [-0.4, -0.2) is 45.6 Å². The molecule has 2 aromatic carbocycles. The Kier molecular flexibility index (Phi) is 6.07. The third kappa shape index (κ3) is 4.65. The van der Waals surface area contributed by atoms with Gasteiger partial charge in [0.05, 0.1) is 19.3 Å². The van der Waals surface area contributed by atoms with Crippen LogP contribution in [-0.2, 0) is 11.3 Å². The number of carbonyl (C=O) groups excluding carboxylic acids is 1. The molecule has 2 aromatic rings. The minimum atomic E-state index is 0.0255. The molecule has 128 valence electrons. The molecule has 24 heavy (non-hydrogen) atoms. The van der Waals surface area contributed by atoms with Crippen LogP contribution in [0.2, 0.25) is 0 Å². The molecule has 0 heterocycles. The van der Waals surface area contributed by atoms with Crippen molar-refractivity contribution < 1.29 is 9.53 Å². The number of nitrogens with zero attached hydrogens (tertiary/aromatic N) is 2. The van der Waals surface area contributed by atoms with Crippen LogP contribution >= 0.6 is 0 Å². The van der Waals surface area contributed by atoms with Crippen molar-refractivity contribution in [3.05, 3.63) is 54.1 Å². The first kappa shape index (κ1) is 17.7. The van der Waals surface area contributed by atoms with Gasteiger partial charge in [0.1, 0.15) is 5.75 Å². The van der Waals surface area contributed by atoms with Gasteiger partial charge in [-0.25, -0.2) is 0 Å². The number of anilines is 2. The molecule has 5 nitrogen and oxygen atoms in total. The molecule has 2 rings (SSSR count). The van der Waals surface area contributed by atoms with E-state index in [1.807, 2.05) is 57.5 Å². The van der Waals surface area contributed by atoms with Crippen LogP contribution in [0.3, 0.4) is 0 Å². The van der Waals surface area contributed by atoms with E-state index in [2.05, 4.69) is 22.3 Å². The number of nitrogens with one attached hydrogen (secondary N) is 1. The Labute approximate surface area is 143 Å². The molecule has 1 amide bonds. The summed E-state index contributed by atoms with van der Waals surface area (Å²) in [5, 5.41) is 3.13. The monoisotopic (exact) mass is 327 g/mol. The molecule has 0 aliphatic carbocycles.